The van der Waals surface area contributed by atoms with Gasteiger partial charge in [0.2, 0.25) is 0 Å². The lowest BCUT2D eigenvalue weighted by molar-refractivity contribution is -0.123. The molecule has 1 aromatic rings. The molecule has 0 unspecified atom stereocenters. The van der Waals surface area contributed by atoms with Crippen LogP contribution in [0.15, 0.2) is 24.3 Å². The van der Waals surface area contributed by atoms with E-state index in [0.29, 0.717) is 17.9 Å². The van der Waals surface area contributed by atoms with E-state index in [-0.39, 0.29) is 30.7 Å². The number of ketones is 1. The van der Waals surface area contributed by atoms with Crippen LogP contribution in [0.4, 0.5) is 0 Å². The predicted octanol–water partition coefficient (Wildman–Crippen LogP) is 1.42. The Labute approximate surface area is 125 Å². The summed E-state index contributed by atoms with van der Waals surface area (Å²) in [5.74, 6) is 0.337. The molecule has 1 amide bonds. The normalized spacial score (nSPS) is 9.50. The average molecular weight is 301 g/mol. The van der Waals surface area contributed by atoms with Crippen LogP contribution in [0.1, 0.15) is 23.7 Å². The number of ether oxygens (including phenoxy) is 1. The van der Waals surface area contributed by atoms with Gasteiger partial charge in [-0.3, -0.25) is 9.59 Å². The quantitative estimate of drug-likeness (QED) is 0.563. The fraction of sp³-hybridized carbons (Fsp3) is 0.429. The van der Waals surface area contributed by atoms with Gasteiger partial charge in [-0.25, -0.2) is 0 Å². The van der Waals surface area contributed by atoms with Gasteiger partial charge in [-0.1, -0.05) is 12.1 Å². The largest absolute Gasteiger partial charge is 0.484 e. The van der Waals surface area contributed by atoms with Crippen molar-refractivity contribution in [1.29, 1.82) is 0 Å². The minimum absolute atomic E-state index is 0. The van der Waals surface area contributed by atoms with Crippen LogP contribution in [0.2, 0.25) is 0 Å². The summed E-state index contributed by atoms with van der Waals surface area (Å²) in [6.45, 7) is 2.94. The highest BCUT2D eigenvalue weighted by atomic mass is 35.5. The zero-order valence-corrected chi connectivity index (χ0v) is 12.6. The molecule has 0 spiro atoms. The predicted molar refractivity (Wildman–Crippen MR) is 80.7 cm³/mol. The SMILES string of the molecule is CNCCCNC(=O)COc1cccc(C(C)=O)c1.Cl. The summed E-state index contributed by atoms with van der Waals surface area (Å²) in [5, 5.41) is 5.76. The first-order valence-corrected chi connectivity index (χ1v) is 6.28. The van der Waals surface area contributed by atoms with Crippen molar-refractivity contribution in [2.75, 3.05) is 26.7 Å². The summed E-state index contributed by atoms with van der Waals surface area (Å²) < 4.78 is 5.34. The van der Waals surface area contributed by atoms with E-state index < -0.39 is 0 Å². The lowest BCUT2D eigenvalue weighted by Gasteiger charge is -2.08. The molecule has 0 fully saturated rings. The van der Waals surface area contributed by atoms with E-state index in [2.05, 4.69) is 10.6 Å². The fourth-order valence-corrected chi connectivity index (χ4v) is 1.50. The summed E-state index contributed by atoms with van der Waals surface area (Å²) in [5.41, 5.74) is 0.576. The van der Waals surface area contributed by atoms with E-state index in [4.69, 9.17) is 4.74 Å². The molecule has 0 bridgehead atoms. The van der Waals surface area contributed by atoms with E-state index >= 15 is 0 Å². The van der Waals surface area contributed by atoms with Crippen molar-refractivity contribution in [1.82, 2.24) is 10.6 Å². The zero-order chi connectivity index (χ0) is 14.1. The molecule has 2 N–H and O–H groups in total. The van der Waals surface area contributed by atoms with Crippen LogP contribution in [0.5, 0.6) is 5.75 Å². The Balaban J connectivity index is 0.00000361. The highest BCUT2D eigenvalue weighted by molar-refractivity contribution is 5.94. The third-order valence-electron chi connectivity index (χ3n) is 2.54. The lowest BCUT2D eigenvalue weighted by atomic mass is 10.1. The molecule has 0 atom stereocenters. The first-order chi connectivity index (χ1) is 9.13. The molecule has 0 aromatic heterocycles. The van der Waals surface area contributed by atoms with E-state index in [0.717, 1.165) is 13.0 Å². The Hall–Kier alpha value is -1.59. The lowest BCUT2D eigenvalue weighted by Crippen LogP contribution is -2.30. The first-order valence-electron chi connectivity index (χ1n) is 6.28. The Morgan fingerprint density at radius 2 is 2.00 bits per heavy atom. The summed E-state index contributed by atoms with van der Waals surface area (Å²) in [6, 6.07) is 6.81. The average Bonchev–Trinajstić information content (AvgIpc) is 2.41. The molecular weight excluding hydrogens is 280 g/mol. The van der Waals surface area contributed by atoms with Crippen LogP contribution in [0, 0.1) is 0 Å². The molecule has 0 saturated heterocycles. The molecule has 1 rings (SSSR count). The van der Waals surface area contributed by atoms with Gasteiger partial charge in [-0.05, 0) is 39.1 Å². The molecule has 6 heteroatoms. The molecule has 0 aliphatic carbocycles. The Morgan fingerprint density at radius 3 is 2.65 bits per heavy atom. The molecule has 5 nitrogen and oxygen atoms in total. The van der Waals surface area contributed by atoms with Gasteiger partial charge in [0.15, 0.2) is 12.4 Å². The second-order valence-electron chi connectivity index (χ2n) is 4.18. The molecule has 112 valence electrons. The maximum Gasteiger partial charge on any atom is 0.257 e. The molecule has 0 aliphatic rings. The van der Waals surface area contributed by atoms with Crippen LogP contribution in [-0.2, 0) is 4.79 Å². The highest BCUT2D eigenvalue weighted by Gasteiger charge is 2.04. The van der Waals surface area contributed by atoms with Gasteiger partial charge in [0.05, 0.1) is 0 Å². The smallest absolute Gasteiger partial charge is 0.257 e. The number of carbonyl (C=O) groups excluding carboxylic acids is 2. The first kappa shape index (κ1) is 18.4. The number of amides is 1. The van der Waals surface area contributed by atoms with Crippen LogP contribution >= 0.6 is 12.4 Å². The Kier molecular flexibility index (Phi) is 9.41. The van der Waals surface area contributed by atoms with E-state index in [1.54, 1.807) is 24.3 Å². The van der Waals surface area contributed by atoms with Crippen LogP contribution in [0.25, 0.3) is 0 Å². The maximum atomic E-state index is 11.5. The maximum absolute atomic E-state index is 11.5. The molecule has 0 saturated carbocycles. The van der Waals surface area contributed by atoms with Gasteiger partial charge in [-0.15, -0.1) is 12.4 Å². The number of carbonyl (C=O) groups is 2. The Morgan fingerprint density at radius 1 is 1.25 bits per heavy atom. The van der Waals surface area contributed by atoms with Crippen molar-refractivity contribution in [3.8, 4) is 5.75 Å². The Bertz CT molecular complexity index is 438. The van der Waals surface area contributed by atoms with Gasteiger partial charge in [0.25, 0.3) is 5.91 Å². The zero-order valence-electron chi connectivity index (χ0n) is 11.8. The van der Waals surface area contributed by atoms with Crippen molar-refractivity contribution in [2.45, 2.75) is 13.3 Å². The number of Topliss-reactive ketones (excluding diaryl/α,β-unsaturated/α-hetero) is 1. The van der Waals surface area contributed by atoms with E-state index in [9.17, 15) is 9.59 Å². The number of halogens is 1. The number of rotatable bonds is 8. The van der Waals surface area contributed by atoms with Crippen LogP contribution in [-0.4, -0.2) is 38.4 Å². The van der Waals surface area contributed by atoms with Crippen LogP contribution < -0.4 is 15.4 Å². The summed E-state index contributed by atoms with van der Waals surface area (Å²) in [6.07, 6.45) is 0.877. The van der Waals surface area contributed by atoms with Crippen molar-refractivity contribution >= 4 is 24.1 Å². The standard InChI is InChI=1S/C14H20N2O3.ClH/c1-11(17)12-5-3-6-13(9-12)19-10-14(18)16-8-4-7-15-2;/h3,5-6,9,15H,4,7-8,10H2,1-2H3,(H,16,18);1H. The molecular formula is C14H21ClN2O3. The number of hydrogen-bond donors (Lipinski definition) is 2. The van der Waals surface area contributed by atoms with E-state index in [1.807, 2.05) is 7.05 Å². The van der Waals surface area contributed by atoms with Gasteiger partial charge < -0.3 is 15.4 Å². The van der Waals surface area contributed by atoms with Gasteiger partial charge in [-0.2, -0.15) is 0 Å². The van der Waals surface area contributed by atoms with Gasteiger partial charge in [0.1, 0.15) is 5.75 Å². The summed E-state index contributed by atoms with van der Waals surface area (Å²) in [4.78, 5) is 22.7. The monoisotopic (exact) mass is 300 g/mol. The number of benzene rings is 1. The van der Waals surface area contributed by atoms with Gasteiger partial charge >= 0.3 is 0 Å². The fourth-order valence-electron chi connectivity index (χ4n) is 1.50. The second kappa shape index (κ2) is 10.2. The van der Waals surface area contributed by atoms with Gasteiger partial charge in [0, 0.05) is 12.1 Å². The van der Waals surface area contributed by atoms with Crippen molar-refractivity contribution in [3.63, 3.8) is 0 Å². The topological polar surface area (TPSA) is 67.4 Å². The molecule has 0 aliphatic heterocycles. The third kappa shape index (κ3) is 7.11. The van der Waals surface area contributed by atoms with Crippen molar-refractivity contribution in [2.24, 2.45) is 0 Å². The number of nitrogens with one attached hydrogen (secondary N) is 2. The van der Waals surface area contributed by atoms with Crippen molar-refractivity contribution in [3.05, 3.63) is 29.8 Å². The molecule has 1 aromatic carbocycles. The summed E-state index contributed by atoms with van der Waals surface area (Å²) in [7, 11) is 1.87. The molecule has 0 heterocycles. The second-order valence-corrected chi connectivity index (χ2v) is 4.18. The highest BCUT2D eigenvalue weighted by Crippen LogP contribution is 2.13. The van der Waals surface area contributed by atoms with E-state index in [1.165, 1.54) is 6.92 Å². The summed E-state index contributed by atoms with van der Waals surface area (Å²) >= 11 is 0. The van der Waals surface area contributed by atoms with Crippen LogP contribution in [0.3, 0.4) is 0 Å². The third-order valence-corrected chi connectivity index (χ3v) is 2.54. The minimum Gasteiger partial charge on any atom is -0.484 e. The van der Waals surface area contributed by atoms with Crippen molar-refractivity contribution < 1.29 is 14.3 Å². The minimum atomic E-state index is -0.163. The molecule has 0 radical (unpaired) electrons. The number of hydrogen-bond acceptors (Lipinski definition) is 4. The molecule has 20 heavy (non-hydrogen) atoms.